The maximum Gasteiger partial charge on any atom is 0.318 e. The van der Waals surface area contributed by atoms with Crippen molar-refractivity contribution < 1.29 is 9.18 Å². The monoisotopic (exact) mass is 334 g/mol. The lowest BCUT2D eigenvalue weighted by molar-refractivity contribution is 0.178. The molecule has 0 aliphatic heterocycles. The van der Waals surface area contributed by atoms with Crippen molar-refractivity contribution in [2.24, 2.45) is 0 Å². The number of hydrogen-bond donors (Lipinski definition) is 1. The maximum atomic E-state index is 13.3. The molecule has 0 bridgehead atoms. The molecule has 0 unspecified atom stereocenters. The lowest BCUT2D eigenvalue weighted by Gasteiger charge is -2.27. The number of amides is 2. The number of nitrogens with one attached hydrogen (secondary N) is 1. The number of carbonyl (C=O) groups is 1. The Hall–Kier alpha value is -1.88. The van der Waals surface area contributed by atoms with Crippen LogP contribution < -0.4 is 5.32 Å². The highest BCUT2D eigenvalue weighted by Gasteiger charge is 2.18. The molecule has 0 fully saturated rings. The minimum atomic E-state index is -0.238. The predicted molar refractivity (Wildman–Crippen MR) is 94.1 cm³/mol. The van der Waals surface area contributed by atoms with Crippen LogP contribution in [0, 0.1) is 5.82 Å². The fourth-order valence-corrected chi connectivity index (χ4v) is 3.25. The van der Waals surface area contributed by atoms with Gasteiger partial charge in [-0.3, -0.25) is 0 Å². The van der Waals surface area contributed by atoms with Gasteiger partial charge in [-0.05, 0) is 57.5 Å². The number of carbonyl (C=O) groups excluding carboxylic acids is 1. The van der Waals surface area contributed by atoms with Crippen molar-refractivity contribution in [2.45, 2.75) is 46.3 Å². The molecule has 0 saturated heterocycles. The van der Waals surface area contributed by atoms with Crippen molar-refractivity contribution in [1.82, 2.24) is 10.2 Å². The summed E-state index contributed by atoms with van der Waals surface area (Å²) in [5.41, 5.74) is 0.865. The zero-order chi connectivity index (χ0) is 17.0. The van der Waals surface area contributed by atoms with Crippen molar-refractivity contribution in [3.8, 4) is 10.4 Å². The van der Waals surface area contributed by atoms with Gasteiger partial charge in [-0.1, -0.05) is 12.1 Å². The highest BCUT2D eigenvalue weighted by atomic mass is 32.1. The van der Waals surface area contributed by atoms with Crippen molar-refractivity contribution in [1.29, 1.82) is 0 Å². The third-order valence-electron chi connectivity index (χ3n) is 3.39. The molecule has 0 atom stereocenters. The molecule has 0 radical (unpaired) electrons. The molecule has 0 aliphatic carbocycles. The summed E-state index contributed by atoms with van der Waals surface area (Å²) in [6.45, 7) is 8.45. The van der Waals surface area contributed by atoms with E-state index in [0.717, 1.165) is 15.3 Å². The first-order valence-electron chi connectivity index (χ1n) is 7.78. The van der Waals surface area contributed by atoms with E-state index < -0.39 is 0 Å². The van der Waals surface area contributed by atoms with Gasteiger partial charge in [0.05, 0.1) is 6.54 Å². The summed E-state index contributed by atoms with van der Waals surface area (Å²) < 4.78 is 13.3. The molecular formula is C18H23FN2OS. The molecule has 2 amide bonds. The van der Waals surface area contributed by atoms with Gasteiger partial charge >= 0.3 is 6.03 Å². The third-order valence-corrected chi connectivity index (χ3v) is 4.51. The fraction of sp³-hybridized carbons (Fsp3) is 0.389. The van der Waals surface area contributed by atoms with E-state index in [4.69, 9.17) is 0 Å². The molecule has 5 heteroatoms. The molecule has 3 nitrogen and oxygen atoms in total. The molecule has 1 aromatic carbocycles. The minimum Gasteiger partial charge on any atom is -0.336 e. The first-order valence-corrected chi connectivity index (χ1v) is 8.60. The fourth-order valence-electron chi connectivity index (χ4n) is 2.25. The van der Waals surface area contributed by atoms with Gasteiger partial charge < -0.3 is 10.2 Å². The number of hydrogen-bond acceptors (Lipinski definition) is 2. The summed E-state index contributed by atoms with van der Waals surface area (Å²) in [5.74, 6) is -0.238. The van der Waals surface area contributed by atoms with Crippen LogP contribution in [0.4, 0.5) is 9.18 Å². The lowest BCUT2D eigenvalue weighted by Crippen LogP contribution is -2.45. The first kappa shape index (κ1) is 17.5. The summed E-state index contributed by atoms with van der Waals surface area (Å²) >= 11 is 1.59. The average Bonchev–Trinajstić information content (AvgIpc) is 2.92. The van der Waals surface area contributed by atoms with Crippen LogP contribution >= 0.6 is 11.3 Å². The Kier molecular flexibility index (Phi) is 5.77. The first-order chi connectivity index (χ1) is 10.9. The summed E-state index contributed by atoms with van der Waals surface area (Å²) in [6.07, 6.45) is 0. The SMILES string of the molecule is CC(C)NC(=O)N(Cc1ccc(-c2cccc(F)c2)s1)C(C)C. The second kappa shape index (κ2) is 7.59. The van der Waals surface area contributed by atoms with Gasteiger partial charge in [-0.2, -0.15) is 0 Å². The van der Waals surface area contributed by atoms with Crippen molar-refractivity contribution in [2.75, 3.05) is 0 Å². The summed E-state index contributed by atoms with van der Waals surface area (Å²) in [7, 11) is 0. The normalized spacial score (nSPS) is 11.1. The van der Waals surface area contributed by atoms with Crippen LogP contribution in [0.25, 0.3) is 10.4 Å². The number of benzene rings is 1. The topological polar surface area (TPSA) is 32.3 Å². The van der Waals surface area contributed by atoms with Crippen LogP contribution in [0.5, 0.6) is 0 Å². The molecule has 1 N–H and O–H groups in total. The van der Waals surface area contributed by atoms with Crippen LogP contribution in [0.15, 0.2) is 36.4 Å². The molecule has 23 heavy (non-hydrogen) atoms. The van der Waals surface area contributed by atoms with E-state index in [1.807, 2.05) is 45.9 Å². The number of halogens is 1. The van der Waals surface area contributed by atoms with Crippen LogP contribution in [0.3, 0.4) is 0 Å². The van der Waals surface area contributed by atoms with Crippen LogP contribution in [0.2, 0.25) is 0 Å². The van der Waals surface area contributed by atoms with E-state index in [1.54, 1.807) is 22.3 Å². The Morgan fingerprint density at radius 1 is 1.22 bits per heavy atom. The average molecular weight is 334 g/mol. The van der Waals surface area contributed by atoms with E-state index in [0.29, 0.717) is 6.54 Å². The van der Waals surface area contributed by atoms with Gasteiger partial charge in [-0.25, -0.2) is 9.18 Å². The quantitative estimate of drug-likeness (QED) is 0.830. The Bertz CT molecular complexity index is 667. The van der Waals surface area contributed by atoms with Crippen LogP contribution in [-0.2, 0) is 6.54 Å². The van der Waals surface area contributed by atoms with Gasteiger partial charge in [0.15, 0.2) is 0 Å². The number of nitrogens with zero attached hydrogens (tertiary/aromatic N) is 1. The second-order valence-corrected chi connectivity index (χ2v) is 7.27. The van der Waals surface area contributed by atoms with Crippen LogP contribution in [-0.4, -0.2) is 23.0 Å². The highest BCUT2D eigenvalue weighted by Crippen LogP contribution is 2.29. The molecule has 124 valence electrons. The number of urea groups is 1. The van der Waals surface area contributed by atoms with Crippen LogP contribution in [0.1, 0.15) is 32.6 Å². The molecule has 0 saturated carbocycles. The molecular weight excluding hydrogens is 311 g/mol. The second-order valence-electron chi connectivity index (χ2n) is 6.10. The Morgan fingerprint density at radius 3 is 2.57 bits per heavy atom. The smallest absolute Gasteiger partial charge is 0.318 e. The van der Waals surface area contributed by atoms with Gasteiger partial charge in [-0.15, -0.1) is 11.3 Å². The molecule has 2 aromatic rings. The van der Waals surface area contributed by atoms with E-state index in [-0.39, 0.29) is 23.9 Å². The molecule has 0 aliphatic rings. The Labute approximate surface area is 141 Å². The summed E-state index contributed by atoms with van der Waals surface area (Å²) in [6, 6.07) is 10.7. The molecule has 0 spiro atoms. The number of rotatable bonds is 5. The summed E-state index contributed by atoms with van der Waals surface area (Å²) in [4.78, 5) is 16.2. The van der Waals surface area contributed by atoms with Crippen molar-refractivity contribution in [3.63, 3.8) is 0 Å². The minimum absolute atomic E-state index is 0.0595. The summed E-state index contributed by atoms with van der Waals surface area (Å²) in [5, 5.41) is 2.93. The van der Waals surface area contributed by atoms with Gasteiger partial charge in [0.25, 0.3) is 0 Å². The predicted octanol–water partition coefficient (Wildman–Crippen LogP) is 4.88. The van der Waals surface area contributed by atoms with Gasteiger partial charge in [0.1, 0.15) is 5.82 Å². The van der Waals surface area contributed by atoms with E-state index in [1.165, 1.54) is 12.1 Å². The standard InChI is InChI=1S/C18H23FN2OS/c1-12(2)20-18(22)21(13(3)4)11-16-8-9-17(23-16)14-6-5-7-15(19)10-14/h5-10,12-13H,11H2,1-4H3,(H,20,22). The molecule has 1 heterocycles. The largest absolute Gasteiger partial charge is 0.336 e. The Balaban J connectivity index is 2.14. The van der Waals surface area contributed by atoms with E-state index >= 15 is 0 Å². The van der Waals surface area contributed by atoms with E-state index in [9.17, 15) is 9.18 Å². The van der Waals surface area contributed by atoms with Crippen molar-refractivity contribution >= 4 is 17.4 Å². The van der Waals surface area contributed by atoms with Gasteiger partial charge in [0, 0.05) is 21.8 Å². The molecule has 1 aromatic heterocycles. The zero-order valence-corrected chi connectivity index (χ0v) is 14.8. The van der Waals surface area contributed by atoms with E-state index in [2.05, 4.69) is 5.32 Å². The maximum absolute atomic E-state index is 13.3. The highest BCUT2D eigenvalue weighted by molar-refractivity contribution is 7.15. The van der Waals surface area contributed by atoms with Gasteiger partial charge in [0.2, 0.25) is 0 Å². The number of thiophene rings is 1. The third kappa shape index (κ3) is 4.79. The zero-order valence-electron chi connectivity index (χ0n) is 14.0. The lowest BCUT2D eigenvalue weighted by atomic mass is 10.2. The molecule has 2 rings (SSSR count). The Morgan fingerprint density at radius 2 is 1.96 bits per heavy atom. The van der Waals surface area contributed by atoms with Crippen molar-refractivity contribution in [3.05, 3.63) is 47.1 Å².